The molecular weight excluding hydrogens is 691 g/mol. The first-order valence-electron chi connectivity index (χ1n) is 18.4. The highest BCUT2D eigenvalue weighted by molar-refractivity contribution is 6.18. The van der Waals surface area contributed by atoms with E-state index in [0.717, 1.165) is 77.2 Å². The fourth-order valence-electron chi connectivity index (χ4n) is 7.56. The van der Waals surface area contributed by atoms with E-state index in [0.29, 0.717) is 34.6 Å². The normalized spacial score (nSPS) is 11.6. The molecule has 0 saturated carbocycles. The summed E-state index contributed by atoms with van der Waals surface area (Å²) in [6.07, 6.45) is 1.74. The highest BCUT2D eigenvalue weighted by atomic mass is 16.4. The van der Waals surface area contributed by atoms with Crippen LogP contribution in [0, 0.1) is 0 Å². The molecule has 4 aromatic heterocycles. The molecule has 0 radical (unpaired) electrons. The van der Waals surface area contributed by atoms with Crippen molar-refractivity contribution in [3.05, 3.63) is 176 Å². The standard InChI is InChI=1S/C49H29N5O2/c1-3-11-31(12-4-1)46-52-47(32-13-5-2-6-14-32)54-48(53-46)33-20-18-30(19-21-33)35-23-24-36(38-16-8-7-15-37(35)38)34-22-25-41-39(29-34)44-42(55-41)26-27-43-45(44)51-49(56-43)40-17-9-10-28-50-40/h1-29H. The van der Waals surface area contributed by atoms with Crippen LogP contribution in [0.25, 0.3) is 112 Å². The van der Waals surface area contributed by atoms with Crippen molar-refractivity contribution >= 4 is 43.8 Å². The second kappa shape index (κ2) is 13.0. The van der Waals surface area contributed by atoms with E-state index in [1.807, 2.05) is 97.1 Å². The van der Waals surface area contributed by atoms with Gasteiger partial charge in [-0.15, -0.1) is 0 Å². The Morgan fingerprint density at radius 1 is 0.357 bits per heavy atom. The van der Waals surface area contributed by atoms with E-state index in [4.69, 9.17) is 28.8 Å². The third-order valence-corrected chi connectivity index (χ3v) is 10.3. The van der Waals surface area contributed by atoms with Gasteiger partial charge in [0, 0.05) is 28.3 Å². The van der Waals surface area contributed by atoms with Gasteiger partial charge in [-0.25, -0.2) is 19.9 Å². The molecule has 0 aliphatic rings. The minimum Gasteiger partial charge on any atom is -0.456 e. The number of fused-ring (bicyclic) bond motifs is 6. The monoisotopic (exact) mass is 719 g/mol. The molecule has 262 valence electrons. The lowest BCUT2D eigenvalue weighted by Crippen LogP contribution is -2.00. The molecule has 0 unspecified atom stereocenters. The van der Waals surface area contributed by atoms with E-state index in [-0.39, 0.29) is 0 Å². The van der Waals surface area contributed by atoms with Crippen LogP contribution in [0.5, 0.6) is 0 Å². The van der Waals surface area contributed by atoms with E-state index in [1.54, 1.807) is 6.20 Å². The fourth-order valence-corrected chi connectivity index (χ4v) is 7.56. The average Bonchev–Trinajstić information content (AvgIpc) is 3.88. The van der Waals surface area contributed by atoms with E-state index < -0.39 is 0 Å². The molecule has 7 aromatic carbocycles. The Morgan fingerprint density at radius 2 is 0.893 bits per heavy atom. The molecule has 0 atom stereocenters. The molecule has 0 aliphatic heterocycles. The second-order valence-corrected chi connectivity index (χ2v) is 13.7. The molecule has 0 bridgehead atoms. The molecule has 0 amide bonds. The van der Waals surface area contributed by atoms with E-state index >= 15 is 0 Å². The van der Waals surface area contributed by atoms with Crippen LogP contribution in [0.1, 0.15) is 0 Å². The number of nitrogens with zero attached hydrogens (tertiary/aromatic N) is 5. The molecule has 7 heteroatoms. The Hall–Kier alpha value is -7.77. The third-order valence-electron chi connectivity index (χ3n) is 10.3. The third kappa shape index (κ3) is 5.41. The van der Waals surface area contributed by atoms with Gasteiger partial charge in [-0.2, -0.15) is 0 Å². The maximum absolute atomic E-state index is 6.32. The fraction of sp³-hybridized carbons (Fsp3) is 0. The average molecular weight is 720 g/mol. The predicted molar refractivity (Wildman–Crippen MR) is 223 cm³/mol. The van der Waals surface area contributed by atoms with Crippen molar-refractivity contribution in [1.82, 2.24) is 24.9 Å². The number of furan rings is 1. The Balaban J connectivity index is 0.986. The van der Waals surface area contributed by atoms with Crippen molar-refractivity contribution in [3.63, 3.8) is 0 Å². The van der Waals surface area contributed by atoms with Gasteiger partial charge in [-0.3, -0.25) is 4.98 Å². The molecule has 56 heavy (non-hydrogen) atoms. The summed E-state index contributed by atoms with van der Waals surface area (Å²) in [5, 5.41) is 4.22. The number of benzene rings is 7. The van der Waals surface area contributed by atoms with Gasteiger partial charge in [0.2, 0.25) is 5.89 Å². The number of hydrogen-bond donors (Lipinski definition) is 0. The summed E-state index contributed by atoms with van der Waals surface area (Å²) in [5.41, 5.74) is 11.0. The maximum Gasteiger partial charge on any atom is 0.246 e. The first-order chi connectivity index (χ1) is 27.7. The quantitative estimate of drug-likeness (QED) is 0.169. The number of oxazole rings is 1. The van der Waals surface area contributed by atoms with Crippen LogP contribution in [0.4, 0.5) is 0 Å². The summed E-state index contributed by atoms with van der Waals surface area (Å²) in [5.74, 6) is 2.39. The maximum atomic E-state index is 6.32. The van der Waals surface area contributed by atoms with Crippen molar-refractivity contribution in [1.29, 1.82) is 0 Å². The van der Waals surface area contributed by atoms with Gasteiger partial charge >= 0.3 is 0 Å². The molecule has 4 heterocycles. The van der Waals surface area contributed by atoms with Crippen LogP contribution >= 0.6 is 0 Å². The lowest BCUT2D eigenvalue weighted by molar-refractivity contribution is 0.616. The molecule has 0 N–H and O–H groups in total. The highest BCUT2D eigenvalue weighted by Gasteiger charge is 2.19. The minimum absolute atomic E-state index is 0.482. The molecule has 0 spiro atoms. The van der Waals surface area contributed by atoms with Crippen molar-refractivity contribution in [2.24, 2.45) is 0 Å². The van der Waals surface area contributed by atoms with Gasteiger partial charge < -0.3 is 8.83 Å². The van der Waals surface area contributed by atoms with Gasteiger partial charge in [0.15, 0.2) is 23.1 Å². The Kier molecular flexibility index (Phi) is 7.35. The smallest absolute Gasteiger partial charge is 0.246 e. The number of pyridine rings is 1. The zero-order valence-electron chi connectivity index (χ0n) is 29.8. The zero-order chi connectivity index (χ0) is 37.0. The lowest BCUT2D eigenvalue weighted by Gasteiger charge is -2.13. The van der Waals surface area contributed by atoms with Crippen molar-refractivity contribution < 1.29 is 8.83 Å². The van der Waals surface area contributed by atoms with Gasteiger partial charge in [0.25, 0.3) is 0 Å². The van der Waals surface area contributed by atoms with E-state index in [9.17, 15) is 0 Å². The van der Waals surface area contributed by atoms with Crippen LogP contribution in [-0.2, 0) is 0 Å². The SMILES string of the molecule is c1ccc(-c2nc(-c3ccccc3)nc(-c3ccc(-c4ccc(-c5ccc6oc7ccc8oc(-c9ccccn9)nc8c7c6c5)c5ccccc45)cc3)n2)cc1. The van der Waals surface area contributed by atoms with Crippen LogP contribution in [-0.4, -0.2) is 24.9 Å². The summed E-state index contributed by atoms with van der Waals surface area (Å²) < 4.78 is 12.5. The zero-order valence-corrected chi connectivity index (χ0v) is 29.8. The molecule has 0 aliphatic carbocycles. The summed E-state index contributed by atoms with van der Waals surface area (Å²) in [7, 11) is 0. The van der Waals surface area contributed by atoms with Gasteiger partial charge in [-0.05, 0) is 69.4 Å². The summed E-state index contributed by atoms with van der Waals surface area (Å²) in [6, 6.07) is 57.5. The number of hydrogen-bond acceptors (Lipinski definition) is 7. The van der Waals surface area contributed by atoms with Crippen molar-refractivity contribution in [3.8, 4) is 68.0 Å². The Bertz CT molecular complexity index is 3170. The van der Waals surface area contributed by atoms with E-state index in [2.05, 4.69) is 77.8 Å². The van der Waals surface area contributed by atoms with Crippen LogP contribution < -0.4 is 0 Å². The molecular formula is C49H29N5O2. The Morgan fingerprint density at radius 3 is 1.54 bits per heavy atom. The number of rotatable bonds is 6. The molecule has 11 rings (SSSR count). The van der Waals surface area contributed by atoms with Crippen LogP contribution in [0.15, 0.2) is 185 Å². The highest BCUT2D eigenvalue weighted by Crippen LogP contribution is 2.41. The predicted octanol–water partition coefficient (Wildman–Crippen LogP) is 12.5. The molecule has 0 saturated heterocycles. The molecule has 0 fully saturated rings. The Labute approximate surface area is 320 Å². The number of aromatic nitrogens is 5. The van der Waals surface area contributed by atoms with Crippen molar-refractivity contribution in [2.45, 2.75) is 0 Å². The van der Waals surface area contributed by atoms with Gasteiger partial charge in [0.05, 0.1) is 5.39 Å². The van der Waals surface area contributed by atoms with Crippen molar-refractivity contribution in [2.75, 3.05) is 0 Å². The first kappa shape index (κ1) is 31.7. The van der Waals surface area contributed by atoms with Gasteiger partial charge in [-0.1, -0.05) is 133 Å². The first-order valence-corrected chi connectivity index (χ1v) is 18.4. The minimum atomic E-state index is 0.482. The molecule has 11 aromatic rings. The van der Waals surface area contributed by atoms with Gasteiger partial charge in [0.1, 0.15) is 22.4 Å². The topological polar surface area (TPSA) is 90.7 Å². The summed E-state index contributed by atoms with van der Waals surface area (Å²) >= 11 is 0. The molecule has 7 nitrogen and oxygen atoms in total. The second-order valence-electron chi connectivity index (χ2n) is 13.7. The largest absolute Gasteiger partial charge is 0.456 e. The van der Waals surface area contributed by atoms with Crippen LogP contribution in [0.3, 0.4) is 0 Å². The van der Waals surface area contributed by atoms with Crippen LogP contribution in [0.2, 0.25) is 0 Å². The summed E-state index contributed by atoms with van der Waals surface area (Å²) in [4.78, 5) is 24.0. The summed E-state index contributed by atoms with van der Waals surface area (Å²) in [6.45, 7) is 0. The lowest BCUT2D eigenvalue weighted by atomic mass is 9.91. The van der Waals surface area contributed by atoms with E-state index in [1.165, 1.54) is 0 Å².